The lowest BCUT2D eigenvalue weighted by Crippen LogP contribution is -2.42. The van der Waals surface area contributed by atoms with Gasteiger partial charge in [0.1, 0.15) is 11.6 Å². The van der Waals surface area contributed by atoms with E-state index in [1.165, 1.54) is 16.4 Å². The lowest BCUT2D eigenvalue weighted by Gasteiger charge is -2.30. The summed E-state index contributed by atoms with van der Waals surface area (Å²) in [6.07, 6.45) is -3.84. The highest BCUT2D eigenvalue weighted by Crippen LogP contribution is 2.24. The molecule has 2 heterocycles. The number of halogens is 5. The fraction of sp³-hybridized carbons (Fsp3) is 0.500. The average Bonchev–Trinajstić information content (AvgIpc) is 2.68. The third kappa shape index (κ3) is 7.14. The molecule has 1 fully saturated rings. The summed E-state index contributed by atoms with van der Waals surface area (Å²) in [5.41, 5.74) is 0.344. The van der Waals surface area contributed by atoms with Crippen molar-refractivity contribution in [1.82, 2.24) is 19.3 Å². The van der Waals surface area contributed by atoms with Gasteiger partial charge in [0.15, 0.2) is 0 Å². The molecule has 0 amide bonds. The van der Waals surface area contributed by atoms with Gasteiger partial charge >= 0.3 is 6.18 Å². The maximum atomic E-state index is 13.4. The first-order chi connectivity index (χ1) is 14.9. The number of benzene rings is 1. The molecule has 1 aromatic heterocycles. The SMILES string of the molecule is CS(=O)(=O)N1CCC(Nc2nc(CCC(F)(F)F)nc(Nc3ccc(F)c(Cl)c3)n2)CC1. The first-order valence-electron chi connectivity index (χ1n) is 9.64. The number of nitrogens with zero attached hydrogens (tertiary/aromatic N) is 4. The predicted molar refractivity (Wildman–Crippen MR) is 112 cm³/mol. The molecule has 1 aromatic carbocycles. The molecule has 2 aromatic rings. The van der Waals surface area contributed by atoms with E-state index in [0.29, 0.717) is 31.6 Å². The van der Waals surface area contributed by atoms with Gasteiger partial charge in [0, 0.05) is 31.2 Å². The number of anilines is 3. The number of hydrogen-bond acceptors (Lipinski definition) is 7. The fourth-order valence-corrected chi connectivity index (χ4v) is 4.18. The van der Waals surface area contributed by atoms with Crippen molar-refractivity contribution in [2.75, 3.05) is 30.0 Å². The van der Waals surface area contributed by atoms with Crippen LogP contribution in [0.5, 0.6) is 0 Å². The Morgan fingerprint density at radius 3 is 2.41 bits per heavy atom. The number of nitrogens with one attached hydrogen (secondary N) is 2. The van der Waals surface area contributed by atoms with Crippen LogP contribution >= 0.6 is 11.6 Å². The summed E-state index contributed by atoms with van der Waals surface area (Å²) in [6.45, 7) is 0.614. The maximum Gasteiger partial charge on any atom is 0.389 e. The molecule has 1 saturated heterocycles. The van der Waals surface area contributed by atoms with Crippen molar-refractivity contribution in [2.45, 2.75) is 37.9 Å². The van der Waals surface area contributed by atoms with Crippen molar-refractivity contribution in [3.63, 3.8) is 0 Å². The van der Waals surface area contributed by atoms with Gasteiger partial charge in [-0.15, -0.1) is 0 Å². The van der Waals surface area contributed by atoms with Crippen molar-refractivity contribution in [3.8, 4) is 0 Å². The predicted octanol–water partition coefficient (Wildman–Crippen LogP) is 3.74. The molecule has 0 aliphatic carbocycles. The van der Waals surface area contributed by atoms with Crippen molar-refractivity contribution in [1.29, 1.82) is 0 Å². The standard InChI is InChI=1S/C18H21ClF4N6O2S/c1-32(30,31)29-8-5-11(6-9-29)24-16-26-15(4-7-18(21,22)23)27-17(28-16)25-12-2-3-14(20)13(19)10-12/h2-3,10-11H,4-9H2,1H3,(H2,24,25,26,27,28). The number of hydrogen-bond donors (Lipinski definition) is 2. The summed E-state index contributed by atoms with van der Waals surface area (Å²) in [5.74, 6) is -0.674. The lowest BCUT2D eigenvalue weighted by molar-refractivity contribution is -0.134. The second-order valence-corrected chi connectivity index (χ2v) is 9.74. The van der Waals surface area contributed by atoms with Gasteiger partial charge in [-0.05, 0) is 31.0 Å². The van der Waals surface area contributed by atoms with Gasteiger partial charge in [-0.25, -0.2) is 17.1 Å². The quantitative estimate of drug-likeness (QED) is 0.563. The van der Waals surface area contributed by atoms with Crippen LogP contribution in [0.3, 0.4) is 0 Å². The number of piperidine rings is 1. The van der Waals surface area contributed by atoms with E-state index in [1.54, 1.807) is 0 Å². The fourth-order valence-electron chi connectivity index (χ4n) is 3.12. The van der Waals surface area contributed by atoms with Crippen LogP contribution in [0.25, 0.3) is 0 Å². The van der Waals surface area contributed by atoms with Crippen LogP contribution in [0.4, 0.5) is 35.1 Å². The number of aromatic nitrogens is 3. The van der Waals surface area contributed by atoms with E-state index >= 15 is 0 Å². The third-order valence-electron chi connectivity index (χ3n) is 4.75. The molecule has 1 aliphatic rings. The van der Waals surface area contributed by atoms with Crippen LogP contribution in [0, 0.1) is 5.82 Å². The molecule has 14 heteroatoms. The minimum Gasteiger partial charge on any atom is -0.351 e. The van der Waals surface area contributed by atoms with Gasteiger partial charge in [0.05, 0.1) is 17.7 Å². The van der Waals surface area contributed by atoms with E-state index in [9.17, 15) is 26.0 Å². The molecular weight excluding hydrogens is 476 g/mol. The summed E-state index contributed by atoms with van der Waals surface area (Å²) in [5, 5.41) is 5.70. The summed E-state index contributed by atoms with van der Waals surface area (Å²) >= 11 is 5.76. The minimum absolute atomic E-state index is 0.0316. The number of rotatable bonds is 7. The van der Waals surface area contributed by atoms with Gasteiger partial charge in [-0.1, -0.05) is 11.6 Å². The second-order valence-electron chi connectivity index (χ2n) is 7.35. The van der Waals surface area contributed by atoms with Crippen LogP contribution in [0.15, 0.2) is 18.2 Å². The monoisotopic (exact) mass is 496 g/mol. The summed E-state index contributed by atoms with van der Waals surface area (Å²) < 4.78 is 76.1. The second kappa shape index (κ2) is 9.71. The molecule has 2 N–H and O–H groups in total. The van der Waals surface area contributed by atoms with Crippen LogP contribution < -0.4 is 10.6 Å². The van der Waals surface area contributed by atoms with Gasteiger partial charge in [-0.3, -0.25) is 0 Å². The molecule has 32 heavy (non-hydrogen) atoms. The van der Waals surface area contributed by atoms with Crippen LogP contribution in [0.2, 0.25) is 5.02 Å². The molecule has 0 unspecified atom stereocenters. The zero-order valence-electron chi connectivity index (χ0n) is 17.0. The first kappa shape index (κ1) is 24.4. The van der Waals surface area contributed by atoms with Crippen LogP contribution in [-0.4, -0.2) is 59.2 Å². The van der Waals surface area contributed by atoms with Crippen LogP contribution in [0.1, 0.15) is 25.1 Å². The maximum absolute atomic E-state index is 13.4. The minimum atomic E-state index is -4.38. The van der Waals surface area contributed by atoms with Gasteiger partial charge in [0.25, 0.3) is 0 Å². The van der Waals surface area contributed by atoms with E-state index in [0.717, 1.165) is 12.3 Å². The Bertz CT molecular complexity index is 1060. The molecule has 0 saturated carbocycles. The van der Waals surface area contributed by atoms with E-state index < -0.39 is 34.9 Å². The number of sulfonamides is 1. The van der Waals surface area contributed by atoms with Crippen molar-refractivity contribution >= 4 is 39.2 Å². The Hall–Kier alpha value is -2.25. The summed E-state index contributed by atoms with van der Waals surface area (Å²) in [4.78, 5) is 12.3. The Labute approximate surface area is 187 Å². The molecular formula is C18H21ClF4N6O2S. The molecule has 0 bridgehead atoms. The highest BCUT2D eigenvalue weighted by Gasteiger charge is 2.28. The topological polar surface area (TPSA) is 100 Å². The van der Waals surface area contributed by atoms with Crippen molar-refractivity contribution in [2.24, 2.45) is 0 Å². The van der Waals surface area contributed by atoms with E-state index in [1.807, 2.05) is 0 Å². The van der Waals surface area contributed by atoms with E-state index in [4.69, 9.17) is 11.6 Å². The largest absolute Gasteiger partial charge is 0.389 e. The zero-order valence-corrected chi connectivity index (χ0v) is 18.5. The van der Waals surface area contributed by atoms with Crippen LogP contribution in [-0.2, 0) is 16.4 Å². The highest BCUT2D eigenvalue weighted by molar-refractivity contribution is 7.88. The first-order valence-corrected chi connectivity index (χ1v) is 11.9. The van der Waals surface area contributed by atoms with Gasteiger partial charge in [-0.2, -0.15) is 28.1 Å². The highest BCUT2D eigenvalue weighted by atomic mass is 35.5. The van der Waals surface area contributed by atoms with Gasteiger partial charge < -0.3 is 10.6 Å². The Morgan fingerprint density at radius 2 is 1.81 bits per heavy atom. The van der Waals surface area contributed by atoms with Crippen molar-refractivity contribution < 1.29 is 26.0 Å². The molecule has 0 atom stereocenters. The van der Waals surface area contributed by atoms with E-state index in [2.05, 4.69) is 25.6 Å². The summed E-state index contributed by atoms with van der Waals surface area (Å²) in [7, 11) is -3.29. The molecule has 176 valence electrons. The lowest BCUT2D eigenvalue weighted by atomic mass is 10.1. The number of aryl methyl sites for hydroxylation is 1. The molecule has 0 radical (unpaired) electrons. The normalized spacial score (nSPS) is 16.2. The molecule has 0 spiro atoms. The Kier molecular flexibility index (Phi) is 7.40. The smallest absolute Gasteiger partial charge is 0.351 e. The summed E-state index contributed by atoms with van der Waals surface area (Å²) in [6, 6.07) is 3.64. The van der Waals surface area contributed by atoms with Gasteiger partial charge in [0.2, 0.25) is 21.9 Å². The molecule has 3 rings (SSSR count). The molecule has 8 nitrogen and oxygen atoms in total. The Balaban J connectivity index is 1.78. The Morgan fingerprint density at radius 1 is 1.16 bits per heavy atom. The van der Waals surface area contributed by atoms with Crippen molar-refractivity contribution in [3.05, 3.63) is 34.9 Å². The third-order valence-corrected chi connectivity index (χ3v) is 6.34. The molecule has 1 aliphatic heterocycles. The van der Waals surface area contributed by atoms with E-state index in [-0.39, 0.29) is 28.8 Å². The zero-order chi connectivity index (χ0) is 23.5. The number of alkyl halides is 3. The average molecular weight is 497 g/mol.